The minimum atomic E-state index is 0.610. The first-order valence-electron chi connectivity index (χ1n) is 7.85. The van der Waals surface area contributed by atoms with E-state index in [2.05, 4.69) is 33.0 Å². The van der Waals surface area contributed by atoms with Crippen LogP contribution in [0.4, 0.5) is 0 Å². The van der Waals surface area contributed by atoms with Crippen molar-refractivity contribution >= 4 is 0 Å². The van der Waals surface area contributed by atoms with Crippen molar-refractivity contribution in [1.29, 1.82) is 0 Å². The highest BCUT2D eigenvalue weighted by Crippen LogP contribution is 2.25. The van der Waals surface area contributed by atoms with Gasteiger partial charge in [-0.2, -0.15) is 5.10 Å². The van der Waals surface area contributed by atoms with E-state index in [1.54, 1.807) is 0 Å². The molecule has 2 aliphatic rings. The number of aryl methyl sites for hydroxylation is 1. The highest BCUT2D eigenvalue weighted by Gasteiger charge is 2.23. The SMILES string of the molecule is Cc1cc([C@@H]2CCCN(CCN3CCOCC3)C2)n[nH]1. The van der Waals surface area contributed by atoms with Gasteiger partial charge in [0.05, 0.1) is 18.9 Å². The molecule has 1 N–H and O–H groups in total. The van der Waals surface area contributed by atoms with E-state index in [0.29, 0.717) is 5.92 Å². The molecule has 0 saturated carbocycles. The molecule has 1 aromatic heterocycles. The molecule has 2 saturated heterocycles. The first-order valence-corrected chi connectivity index (χ1v) is 7.85. The van der Waals surface area contributed by atoms with Gasteiger partial charge in [-0.1, -0.05) is 0 Å². The molecule has 112 valence electrons. The second kappa shape index (κ2) is 6.70. The molecular formula is C15H26N4O. The van der Waals surface area contributed by atoms with Crippen LogP contribution < -0.4 is 0 Å². The number of morpholine rings is 1. The second-order valence-electron chi connectivity index (χ2n) is 6.07. The Balaban J connectivity index is 1.47. The molecule has 0 aliphatic carbocycles. The molecular weight excluding hydrogens is 252 g/mol. The van der Waals surface area contributed by atoms with Gasteiger partial charge in [-0.25, -0.2) is 0 Å². The van der Waals surface area contributed by atoms with E-state index in [-0.39, 0.29) is 0 Å². The van der Waals surface area contributed by atoms with Gasteiger partial charge in [-0.3, -0.25) is 10.00 Å². The Morgan fingerprint density at radius 1 is 1.25 bits per heavy atom. The number of aromatic nitrogens is 2. The molecule has 0 radical (unpaired) electrons. The molecule has 0 bridgehead atoms. The second-order valence-corrected chi connectivity index (χ2v) is 6.07. The number of nitrogens with one attached hydrogen (secondary N) is 1. The number of piperidine rings is 1. The van der Waals surface area contributed by atoms with Crippen molar-refractivity contribution in [3.05, 3.63) is 17.5 Å². The Labute approximate surface area is 121 Å². The fraction of sp³-hybridized carbons (Fsp3) is 0.800. The summed E-state index contributed by atoms with van der Waals surface area (Å²) in [5.74, 6) is 0.610. The monoisotopic (exact) mass is 278 g/mol. The van der Waals surface area contributed by atoms with Gasteiger partial charge in [0.15, 0.2) is 0 Å². The van der Waals surface area contributed by atoms with Crippen LogP contribution in [0.2, 0.25) is 0 Å². The van der Waals surface area contributed by atoms with Crippen LogP contribution in [0.1, 0.15) is 30.1 Å². The Kier molecular flexibility index (Phi) is 4.70. The first kappa shape index (κ1) is 14.0. The van der Waals surface area contributed by atoms with Crippen LogP contribution in [0, 0.1) is 6.92 Å². The molecule has 1 atom stereocenters. The molecule has 0 unspecified atom stereocenters. The lowest BCUT2D eigenvalue weighted by atomic mass is 9.94. The van der Waals surface area contributed by atoms with Crippen LogP contribution in [0.3, 0.4) is 0 Å². The number of hydrogen-bond donors (Lipinski definition) is 1. The molecule has 3 rings (SSSR count). The maximum Gasteiger partial charge on any atom is 0.0668 e. The van der Waals surface area contributed by atoms with Gasteiger partial charge in [-0.15, -0.1) is 0 Å². The molecule has 2 fully saturated rings. The third-order valence-electron chi connectivity index (χ3n) is 4.49. The summed E-state index contributed by atoms with van der Waals surface area (Å²) in [7, 11) is 0. The Morgan fingerprint density at radius 2 is 2.05 bits per heavy atom. The zero-order valence-corrected chi connectivity index (χ0v) is 12.5. The Morgan fingerprint density at radius 3 is 2.80 bits per heavy atom. The van der Waals surface area contributed by atoms with E-state index in [9.17, 15) is 0 Å². The lowest BCUT2D eigenvalue weighted by Gasteiger charge is -2.34. The Bertz CT molecular complexity index is 414. The van der Waals surface area contributed by atoms with Crippen LogP contribution >= 0.6 is 0 Å². The molecule has 20 heavy (non-hydrogen) atoms. The van der Waals surface area contributed by atoms with Crippen LogP contribution in [0.25, 0.3) is 0 Å². The molecule has 3 heterocycles. The number of nitrogens with zero attached hydrogens (tertiary/aromatic N) is 3. The van der Waals surface area contributed by atoms with Crippen molar-refractivity contribution in [2.24, 2.45) is 0 Å². The number of H-pyrrole nitrogens is 1. The Hall–Kier alpha value is -0.910. The summed E-state index contributed by atoms with van der Waals surface area (Å²) in [6.07, 6.45) is 2.57. The van der Waals surface area contributed by atoms with Gasteiger partial charge in [0, 0.05) is 44.3 Å². The van der Waals surface area contributed by atoms with Gasteiger partial charge in [0.25, 0.3) is 0 Å². The topological polar surface area (TPSA) is 44.4 Å². The fourth-order valence-electron chi connectivity index (χ4n) is 3.26. The predicted molar refractivity (Wildman–Crippen MR) is 79.0 cm³/mol. The molecule has 0 amide bonds. The van der Waals surface area contributed by atoms with Crippen LogP contribution in [-0.2, 0) is 4.74 Å². The van der Waals surface area contributed by atoms with E-state index in [1.807, 2.05) is 0 Å². The fourth-order valence-corrected chi connectivity index (χ4v) is 3.26. The van der Waals surface area contributed by atoms with Gasteiger partial charge in [-0.05, 0) is 32.4 Å². The van der Waals surface area contributed by atoms with Crippen LogP contribution in [-0.4, -0.2) is 72.5 Å². The summed E-state index contributed by atoms with van der Waals surface area (Å²) in [5.41, 5.74) is 2.42. The van der Waals surface area contributed by atoms with Crippen molar-refractivity contribution in [1.82, 2.24) is 20.0 Å². The molecule has 5 nitrogen and oxygen atoms in total. The minimum Gasteiger partial charge on any atom is -0.379 e. The van der Waals surface area contributed by atoms with E-state index < -0.39 is 0 Å². The van der Waals surface area contributed by atoms with E-state index in [4.69, 9.17) is 4.74 Å². The number of hydrogen-bond acceptors (Lipinski definition) is 4. The smallest absolute Gasteiger partial charge is 0.0668 e. The average Bonchev–Trinajstić information content (AvgIpc) is 2.93. The standard InChI is InChI=1S/C15H26N4O/c1-13-11-15(17-16-13)14-3-2-4-19(12-14)6-5-18-7-9-20-10-8-18/h11,14H,2-10,12H2,1H3,(H,16,17)/t14-/m1/s1. The average molecular weight is 278 g/mol. The van der Waals surface area contributed by atoms with Gasteiger partial charge in [0.1, 0.15) is 0 Å². The zero-order chi connectivity index (χ0) is 13.8. The number of rotatable bonds is 4. The predicted octanol–water partition coefficient (Wildman–Crippen LogP) is 1.23. The molecule has 0 spiro atoms. The van der Waals surface area contributed by atoms with E-state index in [1.165, 1.54) is 43.9 Å². The summed E-state index contributed by atoms with van der Waals surface area (Å²) in [5, 5.41) is 7.52. The third-order valence-corrected chi connectivity index (χ3v) is 4.49. The minimum absolute atomic E-state index is 0.610. The van der Waals surface area contributed by atoms with Crippen LogP contribution in [0.15, 0.2) is 6.07 Å². The molecule has 1 aromatic rings. The number of ether oxygens (including phenoxy) is 1. The zero-order valence-electron chi connectivity index (χ0n) is 12.5. The first-order chi connectivity index (χ1) is 9.81. The van der Waals surface area contributed by atoms with Gasteiger partial charge < -0.3 is 9.64 Å². The van der Waals surface area contributed by atoms with Gasteiger partial charge in [0.2, 0.25) is 0 Å². The largest absolute Gasteiger partial charge is 0.379 e. The van der Waals surface area contributed by atoms with Crippen molar-refractivity contribution in [3.8, 4) is 0 Å². The maximum atomic E-state index is 5.40. The third kappa shape index (κ3) is 3.59. The quantitative estimate of drug-likeness (QED) is 0.900. The highest BCUT2D eigenvalue weighted by molar-refractivity contribution is 5.13. The van der Waals surface area contributed by atoms with Crippen LogP contribution in [0.5, 0.6) is 0 Å². The number of likely N-dealkylation sites (tertiary alicyclic amines) is 1. The summed E-state index contributed by atoms with van der Waals surface area (Å²) >= 11 is 0. The lowest BCUT2D eigenvalue weighted by Crippen LogP contribution is -2.43. The van der Waals surface area contributed by atoms with Crippen molar-refractivity contribution in [2.75, 3.05) is 52.5 Å². The van der Waals surface area contributed by atoms with Gasteiger partial charge >= 0.3 is 0 Å². The van der Waals surface area contributed by atoms with Crippen molar-refractivity contribution < 1.29 is 4.74 Å². The number of aromatic amines is 1. The van der Waals surface area contributed by atoms with Crippen molar-refractivity contribution in [2.45, 2.75) is 25.7 Å². The normalized spacial score (nSPS) is 25.9. The lowest BCUT2D eigenvalue weighted by molar-refractivity contribution is 0.0318. The van der Waals surface area contributed by atoms with E-state index in [0.717, 1.165) is 32.8 Å². The summed E-state index contributed by atoms with van der Waals surface area (Å²) < 4.78 is 5.40. The summed E-state index contributed by atoms with van der Waals surface area (Å²) in [6.45, 7) is 10.8. The van der Waals surface area contributed by atoms with E-state index >= 15 is 0 Å². The highest BCUT2D eigenvalue weighted by atomic mass is 16.5. The summed E-state index contributed by atoms with van der Waals surface area (Å²) in [4.78, 5) is 5.12. The maximum absolute atomic E-state index is 5.40. The molecule has 2 aliphatic heterocycles. The van der Waals surface area contributed by atoms with Crippen molar-refractivity contribution in [3.63, 3.8) is 0 Å². The summed E-state index contributed by atoms with van der Waals surface area (Å²) in [6, 6.07) is 2.20. The molecule has 0 aromatic carbocycles. The molecule has 5 heteroatoms.